The summed E-state index contributed by atoms with van der Waals surface area (Å²) < 4.78 is 40.5. The second kappa shape index (κ2) is 18.4. The lowest BCUT2D eigenvalue weighted by atomic mass is 9.95. The topological polar surface area (TPSA) is 166 Å². The molecule has 6 aliphatic rings. The molecule has 18 heteroatoms. The Bertz CT molecular complexity index is 2370. The molecule has 0 radical (unpaired) electrons. The quantitative estimate of drug-likeness (QED) is 0.273. The van der Waals surface area contributed by atoms with E-state index in [2.05, 4.69) is 35.2 Å². The number of imide groups is 2. The van der Waals surface area contributed by atoms with Crippen LogP contribution in [0.1, 0.15) is 76.8 Å². The van der Waals surface area contributed by atoms with Crippen LogP contribution in [0.5, 0.6) is 0 Å². The minimum Gasteiger partial charge on any atom is -0.371 e. The molecule has 0 aliphatic carbocycles. The second-order valence-corrected chi connectivity index (χ2v) is 18.3. The van der Waals surface area contributed by atoms with E-state index in [1.165, 1.54) is 18.6 Å². The van der Waals surface area contributed by atoms with Crippen molar-refractivity contribution in [2.45, 2.75) is 57.2 Å². The molecule has 2 N–H and O–H groups in total. The Hall–Kier alpha value is -6.06. The summed E-state index contributed by atoms with van der Waals surface area (Å²) in [6, 6.07) is 13.5. The molecule has 5 amide bonds. The third kappa shape index (κ3) is 9.53. The second-order valence-electron chi connectivity index (χ2n) is 18.3. The van der Waals surface area contributed by atoms with Gasteiger partial charge in [0.25, 0.3) is 11.8 Å². The average Bonchev–Trinajstić information content (AvgIpc) is 3.85. The number of anilines is 4. The molecule has 9 rings (SSSR count). The number of rotatable bonds is 10. The largest absolute Gasteiger partial charge is 0.417 e. The summed E-state index contributed by atoms with van der Waals surface area (Å²) in [5.74, 6) is -0.708. The molecular weight excluding hydrogens is 842 g/mol. The third-order valence-corrected chi connectivity index (χ3v) is 14.2. The van der Waals surface area contributed by atoms with E-state index < -0.39 is 47.0 Å². The number of pyridine rings is 1. The predicted octanol–water partition coefficient (Wildman–Crippen LogP) is 4.59. The first-order valence-corrected chi connectivity index (χ1v) is 22.7. The Kier molecular flexibility index (Phi) is 12.5. The summed E-state index contributed by atoms with van der Waals surface area (Å²) in [7, 11) is 0. The summed E-state index contributed by atoms with van der Waals surface area (Å²) in [6.45, 7) is 10.5. The number of benzene rings is 2. The van der Waals surface area contributed by atoms with E-state index in [0.717, 1.165) is 101 Å². The van der Waals surface area contributed by atoms with Crippen LogP contribution in [0.3, 0.4) is 0 Å². The van der Waals surface area contributed by atoms with Crippen LogP contribution >= 0.6 is 0 Å². The van der Waals surface area contributed by atoms with E-state index in [9.17, 15) is 37.1 Å². The summed E-state index contributed by atoms with van der Waals surface area (Å²) in [5, 5.41) is 14.3. The van der Waals surface area contributed by atoms with Crippen molar-refractivity contribution in [2.24, 2.45) is 17.8 Å². The van der Waals surface area contributed by atoms with Crippen molar-refractivity contribution < 1.29 is 37.1 Å². The highest BCUT2D eigenvalue weighted by Crippen LogP contribution is 2.36. The summed E-state index contributed by atoms with van der Waals surface area (Å²) in [5.41, 5.74) is 1.54. The average molecular weight is 895 g/mol. The zero-order valence-corrected chi connectivity index (χ0v) is 36.2. The molecule has 0 spiro atoms. The lowest BCUT2D eigenvalue weighted by Crippen LogP contribution is -2.54. The number of piperidine rings is 3. The van der Waals surface area contributed by atoms with Gasteiger partial charge in [0.1, 0.15) is 11.9 Å². The normalized spacial score (nSPS) is 22.9. The van der Waals surface area contributed by atoms with Gasteiger partial charge < -0.3 is 24.9 Å². The maximum absolute atomic E-state index is 13.5. The SMILES string of the molecule is N#Cc1ccc(N2CCC(C(=O)Nc3ccc(N4CCC(CN5CC[C@@H](CN6CCN(c7ccc8c(c7)C(=O)N(C7CCC(=O)NC7=O)C8=O)CC6)C5)CC4)cn3)CC2)cc1C(F)(F)F. The highest BCUT2D eigenvalue weighted by atomic mass is 19.4. The zero-order chi connectivity index (χ0) is 45.4. The van der Waals surface area contributed by atoms with Crippen LogP contribution in [0, 0.1) is 29.1 Å². The van der Waals surface area contributed by atoms with Crippen molar-refractivity contribution in [3.8, 4) is 6.07 Å². The fourth-order valence-electron chi connectivity index (χ4n) is 10.5. The van der Waals surface area contributed by atoms with Crippen molar-refractivity contribution in [2.75, 3.05) is 98.6 Å². The van der Waals surface area contributed by atoms with Crippen LogP contribution in [-0.2, 0) is 20.6 Å². The monoisotopic (exact) mass is 894 g/mol. The predicted molar refractivity (Wildman–Crippen MR) is 235 cm³/mol. The fourth-order valence-corrected chi connectivity index (χ4v) is 10.5. The van der Waals surface area contributed by atoms with E-state index in [0.29, 0.717) is 60.4 Å². The van der Waals surface area contributed by atoms with Crippen LogP contribution in [0.2, 0.25) is 0 Å². The number of hydrogen-bond donors (Lipinski definition) is 2. The van der Waals surface area contributed by atoms with Gasteiger partial charge in [0.15, 0.2) is 0 Å². The number of hydrogen-bond acceptors (Lipinski definition) is 12. The van der Waals surface area contributed by atoms with Crippen molar-refractivity contribution >= 4 is 52.4 Å². The van der Waals surface area contributed by atoms with Crippen LogP contribution in [0.25, 0.3) is 0 Å². The van der Waals surface area contributed by atoms with E-state index >= 15 is 0 Å². The van der Waals surface area contributed by atoms with Gasteiger partial charge in [0.05, 0.1) is 40.2 Å². The Balaban J connectivity index is 0.673. The molecule has 1 unspecified atom stereocenters. The molecular formula is C47H53F3N10O5. The van der Waals surface area contributed by atoms with Crippen LogP contribution in [0.4, 0.5) is 36.1 Å². The Labute approximate surface area is 375 Å². The number of nitrogens with zero attached hydrogens (tertiary/aromatic N) is 8. The maximum Gasteiger partial charge on any atom is 0.417 e. The summed E-state index contributed by atoms with van der Waals surface area (Å²) >= 11 is 0. The van der Waals surface area contributed by atoms with E-state index in [-0.39, 0.29) is 24.7 Å². The van der Waals surface area contributed by atoms with Gasteiger partial charge in [-0.2, -0.15) is 18.4 Å². The molecule has 15 nitrogen and oxygen atoms in total. The van der Waals surface area contributed by atoms with Gasteiger partial charge in [-0.15, -0.1) is 0 Å². The van der Waals surface area contributed by atoms with Gasteiger partial charge in [0, 0.05) is 95.7 Å². The van der Waals surface area contributed by atoms with Gasteiger partial charge in [-0.05, 0) is 105 Å². The number of fused-ring (bicyclic) bond motifs is 1. The molecule has 7 heterocycles. The van der Waals surface area contributed by atoms with Crippen molar-refractivity contribution in [3.63, 3.8) is 0 Å². The molecule has 0 bridgehead atoms. The lowest BCUT2D eigenvalue weighted by Gasteiger charge is -2.37. The van der Waals surface area contributed by atoms with Gasteiger partial charge >= 0.3 is 6.18 Å². The molecule has 0 saturated carbocycles. The summed E-state index contributed by atoms with van der Waals surface area (Å²) in [4.78, 5) is 80.8. The fraction of sp³-hybridized carbons (Fsp3) is 0.511. The number of carbonyl (C=O) groups excluding carboxylic acids is 5. The lowest BCUT2D eigenvalue weighted by molar-refractivity contribution is -0.138. The molecule has 1 aromatic heterocycles. The molecule has 65 heavy (non-hydrogen) atoms. The highest BCUT2D eigenvalue weighted by molar-refractivity contribution is 6.23. The smallest absolute Gasteiger partial charge is 0.371 e. The van der Waals surface area contributed by atoms with E-state index in [4.69, 9.17) is 5.26 Å². The van der Waals surface area contributed by atoms with E-state index in [1.807, 2.05) is 23.1 Å². The van der Waals surface area contributed by atoms with Crippen LogP contribution < -0.4 is 25.3 Å². The minimum absolute atomic E-state index is 0.0869. The van der Waals surface area contributed by atoms with E-state index in [1.54, 1.807) is 24.4 Å². The molecule has 2 atom stereocenters. The number of carbonyl (C=O) groups is 5. The summed E-state index contributed by atoms with van der Waals surface area (Å²) in [6.07, 6.45) is 1.75. The van der Waals surface area contributed by atoms with Crippen LogP contribution in [-0.4, -0.2) is 134 Å². The number of nitrogens with one attached hydrogen (secondary N) is 2. The number of nitriles is 1. The van der Waals surface area contributed by atoms with Gasteiger partial charge in [-0.3, -0.25) is 39.1 Å². The number of halogens is 3. The van der Waals surface area contributed by atoms with Crippen molar-refractivity contribution in [1.29, 1.82) is 5.26 Å². The Morgan fingerprint density at radius 3 is 2.05 bits per heavy atom. The number of amides is 5. The first-order valence-electron chi connectivity index (χ1n) is 22.7. The van der Waals surface area contributed by atoms with Crippen LogP contribution in [0.15, 0.2) is 54.7 Å². The molecule has 5 saturated heterocycles. The Morgan fingerprint density at radius 1 is 0.723 bits per heavy atom. The zero-order valence-electron chi connectivity index (χ0n) is 36.2. The number of likely N-dealkylation sites (tertiary alicyclic amines) is 1. The van der Waals surface area contributed by atoms with Gasteiger partial charge in [0.2, 0.25) is 17.7 Å². The maximum atomic E-state index is 13.5. The first kappa shape index (κ1) is 44.2. The Morgan fingerprint density at radius 2 is 1.35 bits per heavy atom. The standard InChI is InChI=1S/C47H53F3N10O5/c48-47(49,50)39-24-35(2-1-33(39)25-51)57-17-12-32(13-18-57)43(62)53-41-7-4-36(26-52-41)58-15-10-30(11-16-58)27-56-14-9-31(29-56)28-55-19-21-59(22-20-55)34-3-5-37-38(23-34)46(65)60(45(37)64)40-6-8-42(61)54-44(40)63/h1-5,7,23-24,26,30-32,40H,6,8-22,27-29H2,(H,52,53,62)(H,54,61,63)/t31-,40?/m0/s1. The number of piperazine rings is 1. The van der Waals surface area contributed by atoms with Gasteiger partial charge in [-0.1, -0.05) is 0 Å². The van der Waals surface area contributed by atoms with Crippen molar-refractivity contribution in [3.05, 3.63) is 77.0 Å². The highest BCUT2D eigenvalue weighted by Gasteiger charge is 2.45. The molecule has 6 aliphatic heterocycles. The molecule has 3 aromatic rings. The first-order chi connectivity index (χ1) is 31.3. The minimum atomic E-state index is -4.62. The number of aromatic nitrogens is 1. The molecule has 342 valence electrons. The number of alkyl halides is 3. The molecule has 2 aromatic carbocycles. The third-order valence-electron chi connectivity index (χ3n) is 14.2. The molecule has 5 fully saturated rings. The van der Waals surface area contributed by atoms with Gasteiger partial charge in [-0.25, -0.2) is 4.98 Å². The van der Waals surface area contributed by atoms with Crippen molar-refractivity contribution in [1.82, 2.24) is 25.0 Å².